The first-order valence-electron chi connectivity index (χ1n) is 6.09. The summed E-state index contributed by atoms with van der Waals surface area (Å²) >= 11 is 0. The molecule has 17 heavy (non-hydrogen) atoms. The largest absolute Gasteiger partial charge is 0.342 e. The maximum Gasteiger partial charge on any atom is 0.212 e. The van der Waals surface area contributed by atoms with Crippen LogP contribution in [0.5, 0.6) is 0 Å². The van der Waals surface area contributed by atoms with Crippen LogP contribution < -0.4 is 5.32 Å². The van der Waals surface area contributed by atoms with Crippen LogP contribution in [0.25, 0.3) is 0 Å². The summed E-state index contributed by atoms with van der Waals surface area (Å²) in [4.78, 5) is 8.51. The molecule has 0 aromatic heterocycles. The van der Waals surface area contributed by atoms with Gasteiger partial charge in [0, 0.05) is 39.3 Å². The quantitative estimate of drug-likeness (QED) is 0.393. The van der Waals surface area contributed by atoms with Crippen LogP contribution in [-0.4, -0.2) is 55.0 Å². The Labute approximate surface area is 109 Å². The summed E-state index contributed by atoms with van der Waals surface area (Å²) in [5.74, 6) is 0.892. The van der Waals surface area contributed by atoms with Crippen LogP contribution in [0.1, 0.15) is 19.3 Å². The SMILES string of the molecule is Cl.N#C/N=C(/N1CCCCC1)N1CCNCC1. The van der Waals surface area contributed by atoms with E-state index in [9.17, 15) is 0 Å². The van der Waals surface area contributed by atoms with Crippen LogP contribution in [0.3, 0.4) is 0 Å². The van der Waals surface area contributed by atoms with E-state index in [0.717, 1.165) is 45.2 Å². The fraction of sp³-hybridized carbons (Fsp3) is 0.818. The van der Waals surface area contributed by atoms with Crippen molar-refractivity contribution in [2.45, 2.75) is 19.3 Å². The molecule has 0 spiro atoms. The number of nitriles is 1. The molecule has 0 aliphatic carbocycles. The van der Waals surface area contributed by atoms with Crippen LogP contribution in [0, 0.1) is 11.5 Å². The van der Waals surface area contributed by atoms with Gasteiger partial charge in [0.25, 0.3) is 0 Å². The average molecular weight is 258 g/mol. The molecule has 0 unspecified atom stereocenters. The summed E-state index contributed by atoms with van der Waals surface area (Å²) in [5.41, 5.74) is 0. The highest BCUT2D eigenvalue weighted by Gasteiger charge is 2.21. The number of nitrogens with one attached hydrogen (secondary N) is 1. The maximum absolute atomic E-state index is 8.79. The van der Waals surface area contributed by atoms with E-state index >= 15 is 0 Å². The summed E-state index contributed by atoms with van der Waals surface area (Å²) in [6.45, 7) is 5.97. The van der Waals surface area contributed by atoms with Crippen molar-refractivity contribution in [2.24, 2.45) is 4.99 Å². The van der Waals surface area contributed by atoms with Gasteiger partial charge in [-0.05, 0) is 19.3 Å². The number of hydrogen-bond donors (Lipinski definition) is 1. The Kier molecular flexibility index (Phi) is 6.09. The van der Waals surface area contributed by atoms with Gasteiger partial charge in [0.05, 0.1) is 0 Å². The average Bonchev–Trinajstić information content (AvgIpc) is 2.38. The van der Waals surface area contributed by atoms with Crippen LogP contribution in [0.2, 0.25) is 0 Å². The Hall–Kier alpha value is -0.990. The van der Waals surface area contributed by atoms with Crippen molar-refractivity contribution in [3.8, 4) is 6.19 Å². The first-order valence-corrected chi connectivity index (χ1v) is 6.09. The minimum absolute atomic E-state index is 0. The summed E-state index contributed by atoms with van der Waals surface area (Å²) in [7, 11) is 0. The number of guanidine groups is 1. The van der Waals surface area contributed by atoms with Crippen molar-refractivity contribution in [1.82, 2.24) is 15.1 Å². The third-order valence-corrected chi connectivity index (χ3v) is 3.19. The molecular weight excluding hydrogens is 238 g/mol. The lowest BCUT2D eigenvalue weighted by molar-refractivity contribution is 0.264. The maximum atomic E-state index is 8.79. The van der Waals surface area contributed by atoms with Gasteiger partial charge in [0.2, 0.25) is 12.2 Å². The molecule has 2 saturated heterocycles. The summed E-state index contributed by atoms with van der Waals surface area (Å²) in [6, 6.07) is 0. The van der Waals surface area contributed by atoms with Crippen molar-refractivity contribution < 1.29 is 0 Å². The third kappa shape index (κ3) is 3.76. The second-order valence-electron chi connectivity index (χ2n) is 4.30. The van der Waals surface area contributed by atoms with E-state index in [0.29, 0.717) is 0 Å². The molecule has 0 aromatic carbocycles. The molecule has 0 amide bonds. The molecule has 0 atom stereocenters. The van der Waals surface area contributed by atoms with Gasteiger partial charge in [-0.1, -0.05) is 0 Å². The zero-order valence-corrected chi connectivity index (χ0v) is 10.9. The van der Waals surface area contributed by atoms with E-state index in [1.807, 2.05) is 6.19 Å². The van der Waals surface area contributed by atoms with Gasteiger partial charge in [-0.3, -0.25) is 0 Å². The molecule has 2 fully saturated rings. The molecule has 5 nitrogen and oxygen atoms in total. The van der Waals surface area contributed by atoms with Crippen LogP contribution >= 0.6 is 12.4 Å². The van der Waals surface area contributed by atoms with Gasteiger partial charge >= 0.3 is 0 Å². The predicted octanol–water partition coefficient (Wildman–Crippen LogP) is 0.636. The van der Waals surface area contributed by atoms with Gasteiger partial charge in [0.15, 0.2) is 0 Å². The normalized spacial score (nSPS) is 21.7. The van der Waals surface area contributed by atoms with E-state index < -0.39 is 0 Å². The third-order valence-electron chi connectivity index (χ3n) is 3.19. The lowest BCUT2D eigenvalue weighted by atomic mass is 10.1. The van der Waals surface area contributed by atoms with Crippen LogP contribution in [-0.2, 0) is 0 Å². The van der Waals surface area contributed by atoms with E-state index in [1.54, 1.807) is 0 Å². The zero-order valence-electron chi connectivity index (χ0n) is 10.1. The number of likely N-dealkylation sites (tertiary alicyclic amines) is 1. The number of piperazine rings is 1. The standard InChI is InChI=1S/C11H19N5.ClH/c12-10-14-11(15-6-2-1-3-7-15)16-8-4-13-5-9-16;/h13H,1-9H2;1H/b14-11-;. The lowest BCUT2D eigenvalue weighted by Gasteiger charge is -2.37. The highest BCUT2D eigenvalue weighted by atomic mass is 35.5. The Bertz CT molecular complexity index is 267. The topological polar surface area (TPSA) is 54.7 Å². The Morgan fingerprint density at radius 3 is 2.18 bits per heavy atom. The fourth-order valence-electron chi connectivity index (χ4n) is 2.34. The van der Waals surface area contributed by atoms with Crippen molar-refractivity contribution in [1.29, 1.82) is 5.26 Å². The molecule has 2 aliphatic rings. The van der Waals surface area contributed by atoms with Gasteiger partial charge in [-0.2, -0.15) is 5.26 Å². The molecule has 0 aromatic rings. The zero-order chi connectivity index (χ0) is 11.2. The van der Waals surface area contributed by atoms with Gasteiger partial charge in [0.1, 0.15) is 0 Å². The Balaban J connectivity index is 0.00000144. The van der Waals surface area contributed by atoms with Gasteiger partial charge < -0.3 is 15.1 Å². The fourth-order valence-corrected chi connectivity index (χ4v) is 2.34. The lowest BCUT2D eigenvalue weighted by Crippen LogP contribution is -2.53. The molecule has 2 aliphatic heterocycles. The van der Waals surface area contributed by atoms with Crippen molar-refractivity contribution in [2.75, 3.05) is 39.3 Å². The number of piperidine rings is 1. The minimum atomic E-state index is 0. The number of halogens is 1. The molecule has 0 bridgehead atoms. The van der Waals surface area contributed by atoms with Gasteiger partial charge in [-0.15, -0.1) is 17.4 Å². The van der Waals surface area contributed by atoms with E-state index in [2.05, 4.69) is 20.1 Å². The summed E-state index contributed by atoms with van der Waals surface area (Å²) in [5, 5.41) is 12.1. The van der Waals surface area contributed by atoms with Crippen LogP contribution in [0.15, 0.2) is 4.99 Å². The Morgan fingerprint density at radius 2 is 1.59 bits per heavy atom. The summed E-state index contributed by atoms with van der Waals surface area (Å²) in [6.07, 6.45) is 5.69. The van der Waals surface area contributed by atoms with Crippen molar-refractivity contribution >= 4 is 18.4 Å². The number of rotatable bonds is 0. The molecule has 2 rings (SSSR count). The molecule has 96 valence electrons. The molecule has 2 heterocycles. The second kappa shape index (κ2) is 7.36. The smallest absolute Gasteiger partial charge is 0.212 e. The number of nitrogens with zero attached hydrogens (tertiary/aromatic N) is 4. The van der Waals surface area contributed by atoms with Gasteiger partial charge in [-0.25, -0.2) is 0 Å². The number of hydrogen-bond acceptors (Lipinski definition) is 3. The molecular formula is C11H20ClN5. The molecule has 0 saturated carbocycles. The molecule has 1 N–H and O–H groups in total. The predicted molar refractivity (Wildman–Crippen MR) is 70.2 cm³/mol. The van der Waals surface area contributed by atoms with E-state index in [1.165, 1.54) is 19.3 Å². The molecule has 6 heteroatoms. The number of aliphatic imine (C=N–C) groups is 1. The Morgan fingerprint density at radius 1 is 1.00 bits per heavy atom. The summed E-state index contributed by atoms with van der Waals surface area (Å²) < 4.78 is 0. The molecule has 0 radical (unpaired) electrons. The van der Waals surface area contributed by atoms with E-state index in [-0.39, 0.29) is 12.4 Å². The minimum Gasteiger partial charge on any atom is -0.342 e. The first kappa shape index (κ1) is 14.1. The van der Waals surface area contributed by atoms with E-state index in [4.69, 9.17) is 5.26 Å². The van der Waals surface area contributed by atoms with Crippen LogP contribution in [0.4, 0.5) is 0 Å². The highest BCUT2D eigenvalue weighted by molar-refractivity contribution is 5.85. The van der Waals surface area contributed by atoms with Crippen molar-refractivity contribution in [3.05, 3.63) is 0 Å². The van der Waals surface area contributed by atoms with Crippen molar-refractivity contribution in [3.63, 3.8) is 0 Å². The second-order valence-corrected chi connectivity index (χ2v) is 4.30. The highest BCUT2D eigenvalue weighted by Crippen LogP contribution is 2.11. The first-order chi connectivity index (χ1) is 7.92. The monoisotopic (exact) mass is 257 g/mol.